The second kappa shape index (κ2) is 6.64. The third kappa shape index (κ3) is 2.82. The molecule has 1 aromatic heterocycles. The van der Waals surface area contributed by atoms with E-state index in [9.17, 15) is 14.7 Å². The van der Waals surface area contributed by atoms with Gasteiger partial charge in [-0.25, -0.2) is 4.98 Å². The summed E-state index contributed by atoms with van der Waals surface area (Å²) in [5, 5.41) is 13.7. The fourth-order valence-electron chi connectivity index (χ4n) is 3.68. The van der Waals surface area contributed by atoms with Crippen LogP contribution in [0.3, 0.4) is 0 Å². The van der Waals surface area contributed by atoms with E-state index < -0.39 is 5.92 Å². The summed E-state index contributed by atoms with van der Waals surface area (Å²) < 4.78 is 0. The Morgan fingerprint density at radius 2 is 2.15 bits per heavy atom. The van der Waals surface area contributed by atoms with E-state index in [0.717, 1.165) is 29.9 Å². The molecule has 7 heteroatoms. The van der Waals surface area contributed by atoms with Crippen LogP contribution in [0.2, 0.25) is 0 Å². The van der Waals surface area contributed by atoms with Crippen LogP contribution in [0, 0.1) is 0 Å². The molecule has 0 saturated carbocycles. The van der Waals surface area contributed by atoms with Crippen LogP contribution in [-0.4, -0.2) is 26.6 Å². The number of H-pyrrole nitrogens is 1. The van der Waals surface area contributed by atoms with Crippen molar-refractivity contribution in [2.24, 2.45) is 0 Å². The molecule has 1 aromatic carbocycles. The highest BCUT2D eigenvalue weighted by Crippen LogP contribution is 2.43. The fourth-order valence-corrected chi connectivity index (χ4v) is 4.28. The van der Waals surface area contributed by atoms with E-state index in [1.54, 1.807) is 18.2 Å². The van der Waals surface area contributed by atoms with Crippen molar-refractivity contribution in [2.75, 3.05) is 11.1 Å². The molecule has 1 aliphatic heterocycles. The van der Waals surface area contributed by atoms with E-state index in [1.165, 1.54) is 11.8 Å². The lowest BCUT2D eigenvalue weighted by Crippen LogP contribution is -2.32. The number of allylic oxidation sites excluding steroid dienone is 2. The smallest absolute Gasteiger partial charge is 0.257 e. The van der Waals surface area contributed by atoms with E-state index in [2.05, 4.69) is 15.3 Å². The minimum Gasteiger partial charge on any atom is -0.508 e. The summed E-state index contributed by atoms with van der Waals surface area (Å²) in [6.07, 6.45) is 2.01. The molecule has 0 bridgehead atoms. The van der Waals surface area contributed by atoms with Crippen molar-refractivity contribution in [3.63, 3.8) is 0 Å². The molecule has 0 radical (unpaired) electrons. The Bertz CT molecular complexity index is 980. The molecule has 0 unspecified atom stereocenters. The lowest BCUT2D eigenvalue weighted by Gasteiger charge is -2.32. The molecule has 0 spiro atoms. The van der Waals surface area contributed by atoms with Crippen molar-refractivity contribution in [1.82, 2.24) is 9.97 Å². The highest BCUT2D eigenvalue weighted by atomic mass is 32.2. The van der Waals surface area contributed by atoms with Crippen LogP contribution in [0.1, 0.15) is 43.2 Å². The summed E-state index contributed by atoms with van der Waals surface area (Å²) in [5.41, 5.74) is 2.37. The number of benzene rings is 1. The number of phenols is 1. The van der Waals surface area contributed by atoms with Gasteiger partial charge in [0, 0.05) is 23.6 Å². The predicted octanol–water partition coefficient (Wildman–Crippen LogP) is 3.15. The largest absolute Gasteiger partial charge is 0.508 e. The zero-order valence-electron chi connectivity index (χ0n) is 14.3. The number of nitrogens with one attached hydrogen (secondary N) is 2. The van der Waals surface area contributed by atoms with Gasteiger partial charge in [-0.3, -0.25) is 9.59 Å². The van der Waals surface area contributed by atoms with Crippen LogP contribution in [-0.2, 0) is 4.79 Å². The SMILES string of the molecule is CCSc1nc2c(c(=O)[nH]1)[C@@H](c1cccc(O)c1)C1=C(CCCC1=O)N2. The number of aromatic hydroxyl groups is 1. The number of hydrogen-bond donors (Lipinski definition) is 3. The number of phenolic OH excluding ortho intramolecular Hbond substituents is 1. The standard InChI is InChI=1S/C19H19N3O3S/c1-2-26-19-21-17-16(18(25)22-19)14(10-5-3-6-11(23)9-10)15-12(20-17)7-4-8-13(15)24/h3,5-6,9,14,23H,2,4,7-8H2,1H3,(H2,20,21,22,25)/t14-/m0/s1. The van der Waals surface area contributed by atoms with E-state index in [1.807, 2.05) is 13.0 Å². The lowest BCUT2D eigenvalue weighted by molar-refractivity contribution is -0.116. The van der Waals surface area contributed by atoms with E-state index in [0.29, 0.717) is 28.5 Å². The summed E-state index contributed by atoms with van der Waals surface area (Å²) >= 11 is 1.46. The Morgan fingerprint density at radius 3 is 2.92 bits per heavy atom. The number of carbonyl (C=O) groups excluding carboxylic acids is 1. The summed E-state index contributed by atoms with van der Waals surface area (Å²) in [7, 11) is 0. The van der Waals surface area contributed by atoms with Crippen molar-refractivity contribution < 1.29 is 9.90 Å². The molecule has 26 heavy (non-hydrogen) atoms. The van der Waals surface area contributed by atoms with Crippen LogP contribution in [0.5, 0.6) is 5.75 Å². The molecule has 2 heterocycles. The lowest BCUT2D eigenvalue weighted by atomic mass is 9.76. The van der Waals surface area contributed by atoms with Gasteiger partial charge >= 0.3 is 0 Å². The number of Topliss-reactive ketones (excluding diaryl/α,β-unsaturated/α-hetero) is 1. The van der Waals surface area contributed by atoms with Crippen molar-refractivity contribution in [2.45, 2.75) is 37.3 Å². The molecule has 4 rings (SSSR count). The van der Waals surface area contributed by atoms with Gasteiger partial charge < -0.3 is 15.4 Å². The van der Waals surface area contributed by atoms with Gasteiger partial charge in [-0.15, -0.1) is 0 Å². The first kappa shape index (κ1) is 16.9. The number of nitrogens with zero attached hydrogens (tertiary/aromatic N) is 1. The molecule has 6 nitrogen and oxygen atoms in total. The zero-order valence-corrected chi connectivity index (χ0v) is 15.2. The van der Waals surface area contributed by atoms with Gasteiger partial charge in [-0.1, -0.05) is 30.8 Å². The summed E-state index contributed by atoms with van der Waals surface area (Å²) in [5.74, 6) is 0.939. The molecule has 0 fully saturated rings. The molecule has 0 saturated heterocycles. The number of hydrogen-bond acceptors (Lipinski definition) is 6. The van der Waals surface area contributed by atoms with Gasteiger partial charge in [0.2, 0.25) is 0 Å². The number of ketones is 1. The molecule has 2 aliphatic rings. The van der Waals surface area contributed by atoms with Gasteiger partial charge in [0.1, 0.15) is 11.6 Å². The van der Waals surface area contributed by atoms with Crippen LogP contribution < -0.4 is 10.9 Å². The fraction of sp³-hybridized carbons (Fsp3) is 0.316. The number of aromatic amines is 1. The third-order valence-corrected chi connectivity index (χ3v) is 5.48. The molecule has 3 N–H and O–H groups in total. The van der Waals surface area contributed by atoms with Crippen molar-refractivity contribution >= 4 is 23.4 Å². The van der Waals surface area contributed by atoms with Gasteiger partial charge in [-0.05, 0) is 36.3 Å². The minimum absolute atomic E-state index is 0.0455. The Labute approximate surface area is 154 Å². The summed E-state index contributed by atoms with van der Waals surface area (Å²) in [4.78, 5) is 32.9. The number of rotatable bonds is 3. The van der Waals surface area contributed by atoms with Crippen molar-refractivity contribution in [1.29, 1.82) is 0 Å². The summed E-state index contributed by atoms with van der Waals surface area (Å²) in [6, 6.07) is 6.75. The number of anilines is 1. The average molecular weight is 369 g/mol. The molecular formula is C19H19N3O3S. The first-order chi connectivity index (χ1) is 12.6. The quantitative estimate of drug-likeness (QED) is 0.568. The number of fused-ring (bicyclic) bond motifs is 1. The molecule has 0 amide bonds. The van der Waals surface area contributed by atoms with Gasteiger partial charge in [0.15, 0.2) is 10.9 Å². The van der Waals surface area contributed by atoms with Crippen LogP contribution in [0.25, 0.3) is 0 Å². The highest BCUT2D eigenvalue weighted by molar-refractivity contribution is 7.99. The Morgan fingerprint density at radius 1 is 1.31 bits per heavy atom. The van der Waals surface area contributed by atoms with Gasteiger partial charge in [0.05, 0.1) is 5.56 Å². The Hall–Kier alpha value is -2.54. The van der Waals surface area contributed by atoms with Crippen LogP contribution >= 0.6 is 11.8 Å². The van der Waals surface area contributed by atoms with E-state index >= 15 is 0 Å². The van der Waals surface area contributed by atoms with Gasteiger partial charge in [-0.2, -0.15) is 0 Å². The van der Waals surface area contributed by atoms with E-state index in [-0.39, 0.29) is 17.1 Å². The number of carbonyl (C=O) groups is 1. The maximum atomic E-state index is 12.9. The zero-order chi connectivity index (χ0) is 18.3. The summed E-state index contributed by atoms with van der Waals surface area (Å²) in [6.45, 7) is 1.99. The Kier molecular flexibility index (Phi) is 4.32. The van der Waals surface area contributed by atoms with E-state index in [4.69, 9.17) is 0 Å². The predicted molar refractivity (Wildman–Crippen MR) is 101 cm³/mol. The molecule has 134 valence electrons. The first-order valence-corrected chi connectivity index (χ1v) is 9.66. The van der Waals surface area contributed by atoms with Gasteiger partial charge in [0.25, 0.3) is 5.56 Å². The number of aromatic nitrogens is 2. The van der Waals surface area contributed by atoms with Crippen molar-refractivity contribution in [3.05, 3.63) is 57.0 Å². The highest BCUT2D eigenvalue weighted by Gasteiger charge is 2.37. The van der Waals surface area contributed by atoms with Crippen molar-refractivity contribution in [3.8, 4) is 5.75 Å². The maximum Gasteiger partial charge on any atom is 0.257 e. The molecular weight excluding hydrogens is 350 g/mol. The Balaban J connectivity index is 1.96. The topological polar surface area (TPSA) is 95.1 Å². The number of thioether (sulfide) groups is 1. The second-order valence-electron chi connectivity index (χ2n) is 6.39. The molecule has 1 aliphatic carbocycles. The normalized spacial score (nSPS) is 19.0. The maximum absolute atomic E-state index is 12.9. The van der Waals surface area contributed by atoms with Crippen LogP contribution in [0.4, 0.5) is 5.82 Å². The minimum atomic E-state index is -0.516. The first-order valence-electron chi connectivity index (χ1n) is 8.67. The average Bonchev–Trinajstić information content (AvgIpc) is 2.60. The monoisotopic (exact) mass is 369 g/mol. The van der Waals surface area contributed by atoms with Crippen LogP contribution in [0.15, 0.2) is 45.5 Å². The third-order valence-electron chi connectivity index (χ3n) is 4.72. The molecule has 1 atom stereocenters. The molecule has 2 aromatic rings. The second-order valence-corrected chi connectivity index (χ2v) is 7.64.